The van der Waals surface area contributed by atoms with E-state index in [-0.39, 0.29) is 6.04 Å². The number of H-pyrrole nitrogens is 1. The van der Waals surface area contributed by atoms with Crippen LogP contribution in [0.25, 0.3) is 10.9 Å². The molecule has 24 heavy (non-hydrogen) atoms. The second kappa shape index (κ2) is 6.31. The highest BCUT2D eigenvalue weighted by molar-refractivity contribution is 5.79. The number of nitrogens with zero attached hydrogens (tertiary/aromatic N) is 1. The smallest absolute Gasteiger partial charge is 0.329 e. The Morgan fingerprint density at radius 1 is 1.25 bits per heavy atom. The van der Waals surface area contributed by atoms with Gasteiger partial charge in [0.05, 0.1) is 16.8 Å². The fourth-order valence-corrected chi connectivity index (χ4v) is 3.10. The first-order chi connectivity index (χ1) is 11.5. The first kappa shape index (κ1) is 16.0. The van der Waals surface area contributed by atoms with Gasteiger partial charge in [0.15, 0.2) is 0 Å². The van der Waals surface area contributed by atoms with Crippen molar-refractivity contribution in [3.05, 3.63) is 45.1 Å². The van der Waals surface area contributed by atoms with Gasteiger partial charge in [0.25, 0.3) is 5.56 Å². The lowest BCUT2D eigenvalue weighted by Crippen LogP contribution is -2.43. The molecule has 126 valence electrons. The molecular formula is C16H17N3O5. The van der Waals surface area contributed by atoms with E-state index in [4.69, 9.17) is 5.11 Å². The molecule has 1 fully saturated rings. The minimum absolute atomic E-state index is 0.242. The standard InChI is InChI=1S/C16H17N3O5/c20-13(17-10-6-5-9(7-10)15(22)23)8-19-14(21)11-3-1-2-4-12(11)18-16(19)24/h1-4,9-10H,5-8H2,(H,17,20)(H,18,24)(H,22,23)/t9-,10+/m1/s1. The molecule has 1 aliphatic rings. The third kappa shape index (κ3) is 3.08. The lowest BCUT2D eigenvalue weighted by atomic mass is 10.1. The fourth-order valence-electron chi connectivity index (χ4n) is 3.10. The van der Waals surface area contributed by atoms with Crippen LogP contribution in [0.1, 0.15) is 19.3 Å². The first-order valence-corrected chi connectivity index (χ1v) is 7.69. The molecule has 1 heterocycles. The van der Waals surface area contributed by atoms with E-state index in [1.165, 1.54) is 0 Å². The van der Waals surface area contributed by atoms with E-state index in [1.807, 2.05) is 0 Å². The molecule has 0 unspecified atom stereocenters. The Morgan fingerprint density at radius 2 is 2.00 bits per heavy atom. The molecule has 1 aromatic carbocycles. The normalized spacial score (nSPS) is 20.2. The van der Waals surface area contributed by atoms with Crippen LogP contribution in [0.3, 0.4) is 0 Å². The third-order valence-electron chi connectivity index (χ3n) is 4.34. The number of rotatable bonds is 4. The Kier molecular flexibility index (Phi) is 4.20. The van der Waals surface area contributed by atoms with E-state index in [2.05, 4.69) is 10.3 Å². The predicted molar refractivity (Wildman–Crippen MR) is 85.7 cm³/mol. The van der Waals surface area contributed by atoms with Crippen LogP contribution in [0.15, 0.2) is 33.9 Å². The monoisotopic (exact) mass is 331 g/mol. The van der Waals surface area contributed by atoms with Crippen molar-refractivity contribution in [3.63, 3.8) is 0 Å². The third-order valence-corrected chi connectivity index (χ3v) is 4.34. The summed E-state index contributed by atoms with van der Waals surface area (Å²) in [4.78, 5) is 50.0. The van der Waals surface area contributed by atoms with Crippen LogP contribution in [0.5, 0.6) is 0 Å². The summed E-state index contributed by atoms with van der Waals surface area (Å²) in [5, 5.41) is 12.0. The number of carbonyl (C=O) groups excluding carboxylic acids is 1. The largest absolute Gasteiger partial charge is 0.481 e. The van der Waals surface area contributed by atoms with Crippen LogP contribution in [-0.2, 0) is 16.1 Å². The van der Waals surface area contributed by atoms with E-state index in [0.29, 0.717) is 30.2 Å². The van der Waals surface area contributed by atoms with Crippen molar-refractivity contribution in [3.8, 4) is 0 Å². The van der Waals surface area contributed by atoms with Crippen molar-refractivity contribution >= 4 is 22.8 Å². The number of para-hydroxylation sites is 1. The number of hydrogen-bond donors (Lipinski definition) is 3. The van der Waals surface area contributed by atoms with Crippen LogP contribution in [0.4, 0.5) is 0 Å². The second-order valence-corrected chi connectivity index (χ2v) is 5.98. The van der Waals surface area contributed by atoms with Crippen LogP contribution >= 0.6 is 0 Å². The Hall–Kier alpha value is -2.90. The number of aliphatic carboxylic acids is 1. The molecule has 0 radical (unpaired) electrons. The molecule has 2 aromatic rings. The molecule has 1 aliphatic carbocycles. The number of aromatic nitrogens is 2. The Labute approximate surface area is 136 Å². The van der Waals surface area contributed by atoms with Crippen molar-refractivity contribution < 1.29 is 14.7 Å². The number of hydrogen-bond acceptors (Lipinski definition) is 4. The van der Waals surface area contributed by atoms with Crippen molar-refractivity contribution in [1.82, 2.24) is 14.9 Å². The van der Waals surface area contributed by atoms with Crippen LogP contribution in [0, 0.1) is 5.92 Å². The first-order valence-electron chi connectivity index (χ1n) is 7.69. The van der Waals surface area contributed by atoms with Crippen LogP contribution in [0.2, 0.25) is 0 Å². The molecular weight excluding hydrogens is 314 g/mol. The van der Waals surface area contributed by atoms with Gasteiger partial charge in [-0.3, -0.25) is 19.0 Å². The molecule has 1 aromatic heterocycles. The van der Waals surface area contributed by atoms with Crippen LogP contribution in [-0.4, -0.2) is 32.6 Å². The van der Waals surface area contributed by atoms with Gasteiger partial charge in [-0.2, -0.15) is 0 Å². The maximum Gasteiger partial charge on any atom is 0.329 e. The molecule has 3 rings (SSSR count). The average Bonchev–Trinajstić information content (AvgIpc) is 3.00. The molecule has 0 saturated heterocycles. The molecule has 1 saturated carbocycles. The maximum atomic E-state index is 12.3. The molecule has 2 atom stereocenters. The van der Waals surface area contributed by atoms with Gasteiger partial charge < -0.3 is 15.4 Å². The van der Waals surface area contributed by atoms with E-state index >= 15 is 0 Å². The van der Waals surface area contributed by atoms with E-state index in [1.54, 1.807) is 24.3 Å². The maximum absolute atomic E-state index is 12.3. The Morgan fingerprint density at radius 3 is 2.71 bits per heavy atom. The van der Waals surface area contributed by atoms with Gasteiger partial charge in [0, 0.05) is 6.04 Å². The highest BCUT2D eigenvalue weighted by Crippen LogP contribution is 2.25. The van der Waals surface area contributed by atoms with E-state index in [0.717, 1.165) is 4.57 Å². The number of carboxylic acid groups (broad SMARTS) is 1. The van der Waals surface area contributed by atoms with Gasteiger partial charge >= 0.3 is 11.7 Å². The summed E-state index contributed by atoms with van der Waals surface area (Å²) in [6.07, 6.45) is 1.45. The minimum atomic E-state index is -0.867. The lowest BCUT2D eigenvalue weighted by molar-refractivity contribution is -0.141. The number of fused-ring (bicyclic) bond motifs is 1. The molecule has 8 heteroatoms. The van der Waals surface area contributed by atoms with Gasteiger partial charge in [-0.1, -0.05) is 12.1 Å². The van der Waals surface area contributed by atoms with E-state index < -0.39 is 35.6 Å². The zero-order valence-corrected chi connectivity index (χ0v) is 12.8. The highest BCUT2D eigenvalue weighted by Gasteiger charge is 2.30. The van der Waals surface area contributed by atoms with E-state index in [9.17, 15) is 19.2 Å². The summed E-state index contributed by atoms with van der Waals surface area (Å²) >= 11 is 0. The molecule has 0 spiro atoms. The summed E-state index contributed by atoms with van der Waals surface area (Å²) < 4.78 is 0.849. The number of carbonyl (C=O) groups is 2. The van der Waals surface area contributed by atoms with Gasteiger partial charge in [-0.15, -0.1) is 0 Å². The highest BCUT2D eigenvalue weighted by atomic mass is 16.4. The zero-order chi connectivity index (χ0) is 17.3. The average molecular weight is 331 g/mol. The fraction of sp³-hybridized carbons (Fsp3) is 0.375. The molecule has 8 nitrogen and oxygen atoms in total. The minimum Gasteiger partial charge on any atom is -0.481 e. The summed E-state index contributed by atoms with van der Waals surface area (Å²) in [6.45, 7) is -0.396. The van der Waals surface area contributed by atoms with Crippen molar-refractivity contribution in [2.45, 2.75) is 31.8 Å². The molecule has 3 N–H and O–H groups in total. The molecule has 0 aliphatic heterocycles. The van der Waals surface area contributed by atoms with Gasteiger partial charge in [-0.25, -0.2) is 4.79 Å². The number of aromatic amines is 1. The van der Waals surface area contributed by atoms with Crippen molar-refractivity contribution in [1.29, 1.82) is 0 Å². The van der Waals surface area contributed by atoms with Crippen molar-refractivity contribution in [2.24, 2.45) is 5.92 Å². The number of carboxylic acids is 1. The predicted octanol–water partition coefficient (Wildman–Crippen LogP) is 0.0593. The van der Waals surface area contributed by atoms with Crippen LogP contribution < -0.4 is 16.6 Å². The van der Waals surface area contributed by atoms with Gasteiger partial charge in [0.1, 0.15) is 6.54 Å². The number of amides is 1. The molecule has 0 bridgehead atoms. The lowest BCUT2D eigenvalue weighted by Gasteiger charge is -2.13. The second-order valence-electron chi connectivity index (χ2n) is 5.98. The number of benzene rings is 1. The van der Waals surface area contributed by atoms with Crippen molar-refractivity contribution in [2.75, 3.05) is 0 Å². The Bertz CT molecular complexity index is 914. The molecule has 1 amide bonds. The summed E-state index contributed by atoms with van der Waals surface area (Å²) in [5.41, 5.74) is -0.757. The summed E-state index contributed by atoms with van der Waals surface area (Å²) in [7, 11) is 0. The summed E-state index contributed by atoms with van der Waals surface area (Å²) in [5.74, 6) is -1.80. The zero-order valence-electron chi connectivity index (χ0n) is 12.8. The topological polar surface area (TPSA) is 121 Å². The number of nitrogens with one attached hydrogen (secondary N) is 2. The van der Waals surface area contributed by atoms with Gasteiger partial charge in [-0.05, 0) is 31.4 Å². The quantitative estimate of drug-likeness (QED) is 0.731. The Balaban J connectivity index is 1.76. The SMILES string of the molecule is O=C(Cn1c(=O)[nH]c2ccccc2c1=O)N[C@H]1CC[C@@H](C(=O)O)C1. The summed E-state index contributed by atoms with van der Waals surface area (Å²) in [6, 6.07) is 6.34. The van der Waals surface area contributed by atoms with Gasteiger partial charge in [0.2, 0.25) is 5.91 Å².